The first-order valence-corrected chi connectivity index (χ1v) is 9.82. The van der Waals surface area contributed by atoms with Crippen LogP contribution in [0.4, 0.5) is 0 Å². The van der Waals surface area contributed by atoms with Crippen LogP contribution in [-0.4, -0.2) is 79.8 Å². The number of piperazine rings is 1. The van der Waals surface area contributed by atoms with Gasteiger partial charge in [0.1, 0.15) is 0 Å². The van der Waals surface area contributed by atoms with E-state index in [0.717, 1.165) is 64.3 Å². The molecule has 0 aliphatic carbocycles. The smallest absolute Gasteiger partial charge is 0.254 e. The maximum Gasteiger partial charge on any atom is 0.254 e. The third kappa shape index (κ3) is 3.81. The number of hydrogen-bond donors (Lipinski definition) is 0. The summed E-state index contributed by atoms with van der Waals surface area (Å²) in [5, 5.41) is 0. The minimum atomic E-state index is 0.131. The SMILES string of the molecule is CN1CCN(CC[C@@H]2CCCCN2C(=O)c2ccc3c(c2)OCO3)CC1. The van der Waals surface area contributed by atoms with Gasteiger partial charge in [-0.25, -0.2) is 0 Å². The van der Waals surface area contributed by atoms with Gasteiger partial charge in [-0.3, -0.25) is 4.79 Å². The monoisotopic (exact) mass is 359 g/mol. The van der Waals surface area contributed by atoms with E-state index in [1.165, 1.54) is 6.42 Å². The van der Waals surface area contributed by atoms with Crippen molar-refractivity contribution in [2.24, 2.45) is 0 Å². The lowest BCUT2D eigenvalue weighted by Crippen LogP contribution is -2.48. The summed E-state index contributed by atoms with van der Waals surface area (Å²) in [6.07, 6.45) is 4.50. The quantitative estimate of drug-likeness (QED) is 0.823. The second kappa shape index (κ2) is 7.84. The Bertz CT molecular complexity index is 643. The zero-order valence-corrected chi connectivity index (χ0v) is 15.7. The average Bonchev–Trinajstić information content (AvgIpc) is 3.15. The fraction of sp³-hybridized carbons (Fsp3) is 0.650. The van der Waals surface area contributed by atoms with Gasteiger partial charge in [-0.2, -0.15) is 0 Å². The second-order valence-electron chi connectivity index (χ2n) is 7.65. The minimum absolute atomic E-state index is 0.131. The molecule has 1 atom stereocenters. The van der Waals surface area contributed by atoms with Crippen LogP contribution >= 0.6 is 0 Å². The number of piperidine rings is 1. The number of nitrogens with zero attached hydrogens (tertiary/aromatic N) is 3. The Hall–Kier alpha value is -1.79. The molecule has 0 bridgehead atoms. The van der Waals surface area contributed by atoms with Crippen molar-refractivity contribution in [2.75, 3.05) is 53.1 Å². The van der Waals surface area contributed by atoms with Crippen LogP contribution in [-0.2, 0) is 0 Å². The maximum atomic E-state index is 13.1. The molecule has 1 aromatic rings. The molecule has 4 rings (SSSR count). The van der Waals surface area contributed by atoms with Gasteiger partial charge in [0.25, 0.3) is 5.91 Å². The molecule has 0 spiro atoms. The van der Waals surface area contributed by atoms with Crippen LogP contribution in [0.2, 0.25) is 0 Å². The summed E-state index contributed by atoms with van der Waals surface area (Å²) in [5.74, 6) is 1.54. The Labute approximate surface area is 155 Å². The van der Waals surface area contributed by atoms with Gasteiger partial charge in [-0.1, -0.05) is 0 Å². The minimum Gasteiger partial charge on any atom is -0.454 e. The first-order valence-electron chi connectivity index (χ1n) is 9.82. The standard InChI is InChI=1S/C20H29N3O3/c1-21-10-12-22(13-11-21)9-7-17-4-2-3-8-23(17)20(24)16-5-6-18-19(14-16)26-15-25-18/h5-6,14,17H,2-4,7-13,15H2,1H3/t17-/m0/s1. The molecular formula is C20H29N3O3. The van der Waals surface area contributed by atoms with E-state index < -0.39 is 0 Å². The highest BCUT2D eigenvalue weighted by Crippen LogP contribution is 2.33. The molecule has 142 valence electrons. The molecule has 6 nitrogen and oxygen atoms in total. The van der Waals surface area contributed by atoms with Crippen LogP contribution in [0.1, 0.15) is 36.0 Å². The molecule has 6 heteroatoms. The van der Waals surface area contributed by atoms with Crippen molar-refractivity contribution < 1.29 is 14.3 Å². The highest BCUT2D eigenvalue weighted by atomic mass is 16.7. The van der Waals surface area contributed by atoms with Crippen LogP contribution in [0.25, 0.3) is 0 Å². The van der Waals surface area contributed by atoms with Gasteiger partial charge in [0.15, 0.2) is 11.5 Å². The topological polar surface area (TPSA) is 45.2 Å². The Balaban J connectivity index is 1.39. The molecule has 3 heterocycles. The number of hydrogen-bond acceptors (Lipinski definition) is 5. The highest BCUT2D eigenvalue weighted by Gasteiger charge is 2.29. The normalized spacial score (nSPS) is 24.0. The predicted molar refractivity (Wildman–Crippen MR) is 99.8 cm³/mol. The molecule has 3 aliphatic heterocycles. The molecule has 0 N–H and O–H groups in total. The number of likely N-dealkylation sites (tertiary alicyclic amines) is 1. The highest BCUT2D eigenvalue weighted by molar-refractivity contribution is 5.95. The van der Waals surface area contributed by atoms with Gasteiger partial charge in [-0.15, -0.1) is 0 Å². The van der Waals surface area contributed by atoms with Crippen LogP contribution in [0.3, 0.4) is 0 Å². The average molecular weight is 359 g/mol. The Morgan fingerprint density at radius 3 is 2.73 bits per heavy atom. The molecule has 1 amide bonds. The van der Waals surface area contributed by atoms with E-state index in [4.69, 9.17) is 9.47 Å². The van der Waals surface area contributed by atoms with Gasteiger partial charge < -0.3 is 24.2 Å². The largest absolute Gasteiger partial charge is 0.454 e. The number of benzene rings is 1. The van der Waals surface area contributed by atoms with E-state index >= 15 is 0 Å². The van der Waals surface area contributed by atoms with Crippen molar-refractivity contribution in [1.82, 2.24) is 14.7 Å². The fourth-order valence-electron chi connectivity index (χ4n) is 4.17. The van der Waals surface area contributed by atoms with Crippen molar-refractivity contribution >= 4 is 5.91 Å². The molecule has 1 aromatic carbocycles. The van der Waals surface area contributed by atoms with Crippen LogP contribution in [0, 0.1) is 0 Å². The Morgan fingerprint density at radius 1 is 1.08 bits per heavy atom. The number of fused-ring (bicyclic) bond motifs is 1. The van der Waals surface area contributed by atoms with E-state index in [0.29, 0.717) is 17.4 Å². The van der Waals surface area contributed by atoms with Crippen molar-refractivity contribution in [3.63, 3.8) is 0 Å². The maximum absolute atomic E-state index is 13.1. The molecule has 0 radical (unpaired) electrons. The van der Waals surface area contributed by atoms with Gasteiger partial charge >= 0.3 is 0 Å². The van der Waals surface area contributed by atoms with Crippen LogP contribution in [0.5, 0.6) is 11.5 Å². The fourth-order valence-corrected chi connectivity index (χ4v) is 4.17. The first-order chi connectivity index (χ1) is 12.7. The number of ether oxygens (including phenoxy) is 2. The summed E-state index contributed by atoms with van der Waals surface area (Å²) in [5.41, 5.74) is 0.709. The summed E-state index contributed by atoms with van der Waals surface area (Å²) >= 11 is 0. The molecule has 26 heavy (non-hydrogen) atoms. The number of carbonyl (C=O) groups excluding carboxylic acids is 1. The van der Waals surface area contributed by atoms with Crippen molar-refractivity contribution in [3.05, 3.63) is 23.8 Å². The van der Waals surface area contributed by atoms with E-state index in [9.17, 15) is 4.79 Å². The lowest BCUT2D eigenvalue weighted by atomic mass is 9.97. The molecule has 2 saturated heterocycles. The van der Waals surface area contributed by atoms with Crippen molar-refractivity contribution in [2.45, 2.75) is 31.7 Å². The number of amides is 1. The van der Waals surface area contributed by atoms with Crippen molar-refractivity contribution in [1.29, 1.82) is 0 Å². The van der Waals surface area contributed by atoms with E-state index in [1.54, 1.807) is 0 Å². The van der Waals surface area contributed by atoms with Crippen molar-refractivity contribution in [3.8, 4) is 11.5 Å². The summed E-state index contributed by atoms with van der Waals surface area (Å²) in [4.78, 5) is 20.1. The Kier molecular flexibility index (Phi) is 5.31. The molecule has 2 fully saturated rings. The molecule has 0 unspecified atom stereocenters. The number of likely N-dealkylation sites (N-methyl/N-ethyl adjacent to an activating group) is 1. The Morgan fingerprint density at radius 2 is 1.88 bits per heavy atom. The van der Waals surface area contributed by atoms with Crippen LogP contribution in [0.15, 0.2) is 18.2 Å². The van der Waals surface area contributed by atoms with Crippen LogP contribution < -0.4 is 9.47 Å². The summed E-state index contributed by atoms with van der Waals surface area (Å²) < 4.78 is 10.8. The first kappa shape index (κ1) is 17.6. The number of carbonyl (C=O) groups is 1. The second-order valence-corrected chi connectivity index (χ2v) is 7.65. The van der Waals surface area contributed by atoms with E-state index in [-0.39, 0.29) is 12.7 Å². The van der Waals surface area contributed by atoms with E-state index in [2.05, 4.69) is 21.7 Å². The molecule has 0 saturated carbocycles. The lowest BCUT2D eigenvalue weighted by Gasteiger charge is -2.38. The summed E-state index contributed by atoms with van der Waals surface area (Å²) in [7, 11) is 2.18. The van der Waals surface area contributed by atoms with Gasteiger partial charge in [0, 0.05) is 50.9 Å². The van der Waals surface area contributed by atoms with E-state index in [1.807, 2.05) is 18.2 Å². The molecule has 3 aliphatic rings. The zero-order chi connectivity index (χ0) is 17.9. The third-order valence-electron chi connectivity index (χ3n) is 5.88. The molecular weight excluding hydrogens is 330 g/mol. The third-order valence-corrected chi connectivity index (χ3v) is 5.88. The summed E-state index contributed by atoms with van der Waals surface area (Å²) in [6, 6.07) is 5.89. The molecule has 0 aromatic heterocycles. The predicted octanol–water partition coefficient (Wildman–Crippen LogP) is 2.05. The van der Waals surface area contributed by atoms with Gasteiger partial charge in [0.2, 0.25) is 6.79 Å². The zero-order valence-electron chi connectivity index (χ0n) is 15.7. The number of rotatable bonds is 4. The van der Waals surface area contributed by atoms with Gasteiger partial charge in [-0.05, 0) is 50.9 Å². The lowest BCUT2D eigenvalue weighted by molar-refractivity contribution is 0.0569. The van der Waals surface area contributed by atoms with Gasteiger partial charge in [0.05, 0.1) is 0 Å². The summed E-state index contributed by atoms with van der Waals surface area (Å²) in [6.45, 7) is 6.75.